The molecule has 1 aromatic carbocycles. The fourth-order valence-electron chi connectivity index (χ4n) is 12.6. The van der Waals surface area contributed by atoms with Crippen LogP contribution >= 0.6 is 11.6 Å². The maximum atomic E-state index is 15.0. The number of aliphatic hydroxyl groups excluding tert-OH is 1. The summed E-state index contributed by atoms with van der Waals surface area (Å²) in [6.45, 7) is 21.9. The van der Waals surface area contributed by atoms with Crippen molar-refractivity contribution in [1.29, 1.82) is 0 Å². The van der Waals surface area contributed by atoms with Crippen molar-refractivity contribution in [1.82, 2.24) is 4.90 Å². The zero-order valence-corrected chi connectivity index (χ0v) is 33.1. The number of hydrogen-bond acceptors (Lipinski definition) is 5. The van der Waals surface area contributed by atoms with Gasteiger partial charge in [0.25, 0.3) is 0 Å². The van der Waals surface area contributed by atoms with E-state index in [4.69, 9.17) is 16.3 Å². The number of allylic oxidation sites excluding steroid dienone is 2. The second kappa shape index (κ2) is 12.5. The zero-order chi connectivity index (χ0) is 36.8. The van der Waals surface area contributed by atoms with Gasteiger partial charge in [0.05, 0.1) is 18.1 Å². The van der Waals surface area contributed by atoms with Gasteiger partial charge in [-0.1, -0.05) is 72.2 Å². The lowest BCUT2D eigenvalue weighted by molar-refractivity contribution is -0.228. The van der Waals surface area contributed by atoms with E-state index in [1.54, 1.807) is 12.1 Å². The van der Waals surface area contributed by atoms with E-state index in [-0.39, 0.29) is 70.7 Å². The van der Waals surface area contributed by atoms with E-state index in [1.807, 2.05) is 32.9 Å². The second-order valence-electron chi connectivity index (χ2n) is 19.5. The fourth-order valence-corrected chi connectivity index (χ4v) is 12.7. The molecule has 0 aromatic heterocycles. The number of nitrogens with zero attached hydrogens (tertiary/aromatic N) is 1. The van der Waals surface area contributed by atoms with Crippen LogP contribution in [0.1, 0.15) is 133 Å². The Morgan fingerprint density at radius 1 is 0.920 bits per heavy atom. The molecule has 4 fully saturated rings. The predicted octanol–water partition coefficient (Wildman–Crippen LogP) is 9.99. The standard InChI is InChI=1S/C43H62ClNO5/c1-26(2)35-30(46)23-43(34(48)25-45(37(49)50-38(3,4)5)24-27-11-13-28(44)14-12-27)22-21-41(9)29(36(35)43)15-16-32-40(8)19-18-33(47)39(6,7)31(40)17-20-42(32,41)10/h11-14,26,29,31-33,47H,15-25H2,1-10H3/t29-,31-,32-,33+,40+,41-,42-,43+/m1/s1. The molecule has 0 heterocycles. The summed E-state index contributed by atoms with van der Waals surface area (Å²) in [6.07, 6.45) is 7.08. The Hall–Kier alpha value is -2.18. The van der Waals surface area contributed by atoms with Crippen molar-refractivity contribution in [3.05, 3.63) is 46.0 Å². The third-order valence-corrected chi connectivity index (χ3v) is 15.5. The Kier molecular flexibility index (Phi) is 9.36. The smallest absolute Gasteiger partial charge is 0.410 e. The SMILES string of the molecule is CC(C)C1=C2[C@H]3CC[C@@H]4[C@@]5(C)CC[C@H](O)C(C)(C)[C@H]5CC[C@@]4(C)[C@]3(C)CC[C@@]2(C(=O)CN(Cc2ccc(Cl)cc2)C(=O)OC(C)(C)C)CC1=O. The van der Waals surface area contributed by atoms with Crippen LogP contribution in [0.15, 0.2) is 35.4 Å². The summed E-state index contributed by atoms with van der Waals surface area (Å²) in [4.78, 5) is 44.4. The topological polar surface area (TPSA) is 83.9 Å². The van der Waals surface area contributed by atoms with Gasteiger partial charge >= 0.3 is 6.09 Å². The first-order valence-corrected chi connectivity index (χ1v) is 19.7. The van der Waals surface area contributed by atoms with Crippen LogP contribution in [-0.2, 0) is 20.9 Å². The molecular weight excluding hydrogens is 646 g/mol. The molecule has 0 spiro atoms. The van der Waals surface area contributed by atoms with Crippen LogP contribution in [0.2, 0.25) is 5.02 Å². The third-order valence-electron chi connectivity index (χ3n) is 15.2. The largest absolute Gasteiger partial charge is 0.444 e. The van der Waals surface area contributed by atoms with E-state index < -0.39 is 17.1 Å². The monoisotopic (exact) mass is 707 g/mol. The van der Waals surface area contributed by atoms with Gasteiger partial charge in [-0.2, -0.15) is 0 Å². The Bertz CT molecular complexity index is 1570. The number of aliphatic hydroxyl groups is 1. The highest BCUT2D eigenvalue weighted by molar-refractivity contribution is 6.30. The molecule has 276 valence electrons. The van der Waals surface area contributed by atoms with Gasteiger partial charge in [-0.25, -0.2) is 4.79 Å². The molecule has 4 saturated carbocycles. The molecular formula is C43H62ClNO5. The Morgan fingerprint density at radius 3 is 2.20 bits per heavy atom. The molecule has 50 heavy (non-hydrogen) atoms. The quantitative estimate of drug-likeness (QED) is 0.318. The molecule has 7 heteroatoms. The minimum atomic E-state index is -0.900. The summed E-state index contributed by atoms with van der Waals surface area (Å²) in [5.41, 5.74) is 1.23. The number of halogens is 1. The normalized spacial score (nSPS) is 37.8. The summed E-state index contributed by atoms with van der Waals surface area (Å²) >= 11 is 6.17. The van der Waals surface area contributed by atoms with E-state index >= 15 is 4.79 Å². The average Bonchev–Trinajstić information content (AvgIpc) is 3.33. The van der Waals surface area contributed by atoms with Crippen molar-refractivity contribution >= 4 is 29.3 Å². The lowest BCUT2D eigenvalue weighted by Gasteiger charge is -2.72. The molecule has 5 aliphatic rings. The summed E-state index contributed by atoms with van der Waals surface area (Å²) in [7, 11) is 0. The number of fused-ring (bicyclic) bond motifs is 7. The molecule has 0 unspecified atom stereocenters. The highest BCUT2D eigenvalue weighted by Crippen LogP contribution is 2.76. The molecule has 6 nitrogen and oxygen atoms in total. The molecule has 0 saturated heterocycles. The predicted molar refractivity (Wildman–Crippen MR) is 199 cm³/mol. The van der Waals surface area contributed by atoms with Crippen molar-refractivity contribution < 1.29 is 24.2 Å². The van der Waals surface area contributed by atoms with E-state index in [1.165, 1.54) is 4.90 Å². The van der Waals surface area contributed by atoms with Crippen molar-refractivity contribution in [2.24, 2.45) is 50.7 Å². The fraction of sp³-hybridized carbons (Fsp3) is 0.744. The minimum absolute atomic E-state index is 0.0185. The lowest BCUT2D eigenvalue weighted by Crippen LogP contribution is -2.66. The second-order valence-corrected chi connectivity index (χ2v) is 20.0. The number of rotatable bonds is 6. The summed E-state index contributed by atoms with van der Waals surface area (Å²) in [5.74, 6) is 1.22. The van der Waals surface area contributed by atoms with E-state index in [2.05, 4.69) is 48.5 Å². The summed E-state index contributed by atoms with van der Waals surface area (Å²) in [6, 6.07) is 7.33. The molecule has 1 N–H and O–H groups in total. The highest BCUT2D eigenvalue weighted by Gasteiger charge is 2.70. The van der Waals surface area contributed by atoms with E-state index in [0.29, 0.717) is 23.3 Å². The molecule has 0 bridgehead atoms. The number of carbonyl (C=O) groups excluding carboxylic acids is 3. The third kappa shape index (κ3) is 5.72. The van der Waals surface area contributed by atoms with Crippen molar-refractivity contribution in [3.8, 4) is 0 Å². The Labute approximate surface area is 306 Å². The van der Waals surface area contributed by atoms with Gasteiger partial charge < -0.3 is 9.84 Å². The van der Waals surface area contributed by atoms with E-state index in [0.717, 1.165) is 61.7 Å². The first-order chi connectivity index (χ1) is 23.1. The molecule has 0 aliphatic heterocycles. The molecule has 1 amide bonds. The van der Waals surface area contributed by atoms with Gasteiger partial charge in [0.2, 0.25) is 0 Å². The van der Waals surface area contributed by atoms with Gasteiger partial charge in [-0.05, 0) is 146 Å². The van der Waals surface area contributed by atoms with Crippen LogP contribution in [0.4, 0.5) is 4.79 Å². The Morgan fingerprint density at radius 2 is 1.58 bits per heavy atom. The van der Waals surface area contributed by atoms with Crippen molar-refractivity contribution in [2.75, 3.05) is 6.54 Å². The van der Waals surface area contributed by atoms with Gasteiger partial charge in [0.1, 0.15) is 5.60 Å². The van der Waals surface area contributed by atoms with Crippen LogP contribution in [-0.4, -0.2) is 45.9 Å². The molecule has 8 atom stereocenters. The Balaban J connectivity index is 1.37. The van der Waals surface area contributed by atoms with Crippen LogP contribution in [0.3, 0.4) is 0 Å². The molecule has 6 rings (SSSR count). The van der Waals surface area contributed by atoms with Gasteiger partial charge in [0.15, 0.2) is 11.6 Å². The molecule has 0 radical (unpaired) electrons. The lowest BCUT2D eigenvalue weighted by atomic mass is 9.33. The maximum Gasteiger partial charge on any atom is 0.410 e. The van der Waals surface area contributed by atoms with Gasteiger partial charge in [-0.3, -0.25) is 14.5 Å². The van der Waals surface area contributed by atoms with E-state index in [9.17, 15) is 14.7 Å². The van der Waals surface area contributed by atoms with Gasteiger partial charge in [-0.15, -0.1) is 0 Å². The first-order valence-electron chi connectivity index (χ1n) is 19.3. The average molecular weight is 708 g/mol. The number of amides is 1. The number of ketones is 2. The summed E-state index contributed by atoms with van der Waals surface area (Å²) in [5, 5.41) is 11.7. The van der Waals surface area contributed by atoms with Crippen molar-refractivity contribution in [3.63, 3.8) is 0 Å². The van der Waals surface area contributed by atoms with Crippen LogP contribution < -0.4 is 0 Å². The summed E-state index contributed by atoms with van der Waals surface area (Å²) < 4.78 is 5.84. The minimum Gasteiger partial charge on any atom is -0.444 e. The van der Waals surface area contributed by atoms with Gasteiger partial charge in [0, 0.05) is 18.0 Å². The number of ether oxygens (including phenoxy) is 1. The number of benzene rings is 1. The highest BCUT2D eigenvalue weighted by atomic mass is 35.5. The molecule has 1 aromatic rings. The number of Topliss-reactive ketones (excluding diaryl/α,β-unsaturated/α-hetero) is 2. The number of hydrogen-bond donors (Lipinski definition) is 1. The molecule has 5 aliphatic carbocycles. The zero-order valence-electron chi connectivity index (χ0n) is 32.4. The number of carbonyl (C=O) groups is 3. The first kappa shape index (κ1) is 37.6. The van der Waals surface area contributed by atoms with Crippen LogP contribution in [0.25, 0.3) is 0 Å². The van der Waals surface area contributed by atoms with Crippen LogP contribution in [0.5, 0.6) is 0 Å². The van der Waals surface area contributed by atoms with Crippen LogP contribution in [0, 0.1) is 50.7 Å². The maximum absolute atomic E-state index is 15.0. The van der Waals surface area contributed by atoms with Crippen molar-refractivity contribution in [2.45, 2.75) is 145 Å².